The van der Waals surface area contributed by atoms with E-state index in [9.17, 15) is 4.79 Å². The van der Waals surface area contributed by atoms with Crippen LogP contribution < -0.4 is 5.32 Å². The highest BCUT2D eigenvalue weighted by atomic mass is 16.5. The van der Waals surface area contributed by atoms with Gasteiger partial charge in [0, 0.05) is 12.1 Å². The van der Waals surface area contributed by atoms with Gasteiger partial charge < -0.3 is 19.2 Å². The molecule has 0 saturated heterocycles. The van der Waals surface area contributed by atoms with Crippen molar-refractivity contribution in [2.75, 3.05) is 0 Å². The zero-order chi connectivity index (χ0) is 13.9. The van der Waals surface area contributed by atoms with Crippen LogP contribution in [0.15, 0.2) is 39.7 Å². The van der Waals surface area contributed by atoms with E-state index in [1.54, 1.807) is 12.3 Å². The minimum Gasteiger partial charge on any atom is -0.467 e. The molecule has 1 saturated carbocycles. The molecular weight excluding hydrogens is 258 g/mol. The van der Waals surface area contributed by atoms with Crippen molar-refractivity contribution in [3.05, 3.63) is 42.2 Å². The number of nitrogens with one attached hydrogen (secondary N) is 1. The van der Waals surface area contributed by atoms with Gasteiger partial charge in [-0.25, -0.2) is 4.79 Å². The number of urea groups is 1. The average Bonchev–Trinajstić information content (AvgIpc) is 2.98. The quantitative estimate of drug-likeness (QED) is 0.910. The highest BCUT2D eigenvalue weighted by Gasteiger charge is 2.37. The Labute approximate surface area is 116 Å². The van der Waals surface area contributed by atoms with Crippen LogP contribution >= 0.6 is 0 Å². The molecule has 20 heavy (non-hydrogen) atoms. The fraction of sp³-hybridized carbons (Fsp3) is 0.429. The van der Waals surface area contributed by atoms with Crippen LogP contribution in [-0.4, -0.2) is 22.1 Å². The number of amides is 2. The predicted molar refractivity (Wildman–Crippen MR) is 70.7 cm³/mol. The van der Waals surface area contributed by atoms with Crippen molar-refractivity contribution in [3.8, 4) is 0 Å². The molecule has 1 fully saturated rings. The lowest BCUT2D eigenvalue weighted by Crippen LogP contribution is -2.42. The Hall–Kier alpha value is -2.24. The van der Waals surface area contributed by atoms with Crippen molar-refractivity contribution in [3.63, 3.8) is 0 Å². The largest absolute Gasteiger partial charge is 0.467 e. The molecule has 1 atom stereocenters. The van der Waals surface area contributed by atoms with Gasteiger partial charge in [0.1, 0.15) is 17.7 Å². The van der Waals surface area contributed by atoms with Gasteiger partial charge in [-0.05, 0) is 31.9 Å². The summed E-state index contributed by atoms with van der Waals surface area (Å²) in [5.41, 5.74) is 0.708. The molecule has 6 nitrogen and oxygen atoms in total. The first kappa shape index (κ1) is 12.8. The van der Waals surface area contributed by atoms with Crippen molar-refractivity contribution < 1.29 is 13.7 Å². The number of aromatic nitrogens is 1. The Morgan fingerprint density at radius 3 is 2.95 bits per heavy atom. The van der Waals surface area contributed by atoms with E-state index < -0.39 is 0 Å². The maximum Gasteiger partial charge on any atom is 0.318 e. The molecule has 1 N–H and O–H groups in total. The second-order valence-electron chi connectivity index (χ2n) is 4.98. The number of hydrogen-bond acceptors (Lipinski definition) is 4. The maximum absolute atomic E-state index is 12.4. The Morgan fingerprint density at radius 1 is 1.50 bits per heavy atom. The second kappa shape index (κ2) is 5.40. The first-order valence-corrected chi connectivity index (χ1v) is 6.74. The van der Waals surface area contributed by atoms with Crippen LogP contribution in [0, 0.1) is 0 Å². The van der Waals surface area contributed by atoms with Crippen LogP contribution in [0.1, 0.15) is 37.3 Å². The lowest BCUT2D eigenvalue weighted by atomic mass is 10.2. The molecule has 0 bridgehead atoms. The Bertz CT molecular complexity index is 546. The number of hydrogen-bond donors (Lipinski definition) is 1. The summed E-state index contributed by atoms with van der Waals surface area (Å²) in [4.78, 5) is 14.2. The summed E-state index contributed by atoms with van der Waals surface area (Å²) in [6.45, 7) is 2.34. The van der Waals surface area contributed by atoms with Gasteiger partial charge in [-0.15, -0.1) is 0 Å². The molecule has 0 spiro atoms. The molecule has 106 valence electrons. The van der Waals surface area contributed by atoms with E-state index >= 15 is 0 Å². The molecule has 0 unspecified atom stereocenters. The van der Waals surface area contributed by atoms with Crippen molar-refractivity contribution >= 4 is 6.03 Å². The molecule has 2 aromatic heterocycles. The van der Waals surface area contributed by atoms with Crippen molar-refractivity contribution in [1.82, 2.24) is 15.4 Å². The average molecular weight is 275 g/mol. The summed E-state index contributed by atoms with van der Waals surface area (Å²) >= 11 is 0. The fourth-order valence-corrected chi connectivity index (χ4v) is 2.26. The Morgan fingerprint density at radius 2 is 2.35 bits per heavy atom. The molecule has 2 heterocycles. The van der Waals surface area contributed by atoms with Gasteiger partial charge in [0.2, 0.25) is 0 Å². The standard InChI is InChI=1S/C14H17N3O3/c1-10(13-3-2-7-19-13)17(12-4-5-12)14(18)15-9-11-6-8-20-16-11/h2-3,6-8,10,12H,4-5,9H2,1H3,(H,15,18)/t10-/m0/s1. The number of carbonyl (C=O) groups excluding carboxylic acids is 1. The molecule has 0 aromatic carbocycles. The minimum absolute atomic E-state index is 0.0743. The summed E-state index contributed by atoms with van der Waals surface area (Å²) in [6.07, 6.45) is 5.21. The van der Waals surface area contributed by atoms with E-state index in [0.717, 1.165) is 18.6 Å². The molecule has 2 amide bonds. The zero-order valence-electron chi connectivity index (χ0n) is 11.3. The summed E-state index contributed by atoms with van der Waals surface area (Å²) in [6, 6.07) is 5.59. The molecule has 0 aliphatic heterocycles. The van der Waals surface area contributed by atoms with E-state index in [1.165, 1.54) is 6.26 Å². The van der Waals surface area contributed by atoms with Crippen LogP contribution in [-0.2, 0) is 6.54 Å². The SMILES string of the molecule is C[C@@H](c1ccco1)N(C(=O)NCc1ccon1)C1CC1. The Kier molecular flexibility index (Phi) is 3.45. The van der Waals surface area contributed by atoms with E-state index in [1.807, 2.05) is 24.0 Å². The molecular formula is C14H17N3O3. The van der Waals surface area contributed by atoms with Crippen molar-refractivity contribution in [1.29, 1.82) is 0 Å². The zero-order valence-corrected chi connectivity index (χ0v) is 11.3. The van der Waals surface area contributed by atoms with Gasteiger partial charge in [-0.2, -0.15) is 0 Å². The smallest absolute Gasteiger partial charge is 0.318 e. The van der Waals surface area contributed by atoms with Crippen LogP contribution in [0.5, 0.6) is 0 Å². The van der Waals surface area contributed by atoms with Crippen LogP contribution in [0.2, 0.25) is 0 Å². The fourth-order valence-electron chi connectivity index (χ4n) is 2.26. The van der Waals surface area contributed by atoms with E-state index in [4.69, 9.17) is 8.94 Å². The molecule has 2 aromatic rings. The molecule has 1 aliphatic rings. The number of rotatable bonds is 5. The van der Waals surface area contributed by atoms with Crippen molar-refractivity contribution in [2.24, 2.45) is 0 Å². The highest BCUT2D eigenvalue weighted by molar-refractivity contribution is 5.75. The first-order chi connectivity index (χ1) is 9.75. The summed E-state index contributed by atoms with van der Waals surface area (Å²) in [5, 5.41) is 6.65. The van der Waals surface area contributed by atoms with Gasteiger partial charge in [0.25, 0.3) is 0 Å². The Balaban J connectivity index is 1.65. The van der Waals surface area contributed by atoms with Crippen LogP contribution in [0.3, 0.4) is 0 Å². The molecule has 0 radical (unpaired) electrons. The first-order valence-electron chi connectivity index (χ1n) is 6.74. The molecule has 6 heteroatoms. The van der Waals surface area contributed by atoms with E-state index in [0.29, 0.717) is 18.3 Å². The maximum atomic E-state index is 12.4. The summed E-state index contributed by atoms with van der Waals surface area (Å²) in [5.74, 6) is 0.800. The number of furan rings is 1. The van der Waals surface area contributed by atoms with Gasteiger partial charge >= 0.3 is 6.03 Å². The normalized spacial score (nSPS) is 15.8. The third-order valence-corrected chi connectivity index (χ3v) is 3.46. The third kappa shape index (κ3) is 2.68. The minimum atomic E-state index is -0.0978. The number of carbonyl (C=O) groups is 1. The van der Waals surface area contributed by atoms with Crippen LogP contribution in [0.25, 0.3) is 0 Å². The monoisotopic (exact) mass is 275 g/mol. The molecule has 1 aliphatic carbocycles. The van der Waals surface area contributed by atoms with E-state index in [-0.39, 0.29) is 12.1 Å². The lowest BCUT2D eigenvalue weighted by Gasteiger charge is -2.28. The van der Waals surface area contributed by atoms with Crippen LogP contribution in [0.4, 0.5) is 4.79 Å². The highest BCUT2D eigenvalue weighted by Crippen LogP contribution is 2.34. The van der Waals surface area contributed by atoms with Gasteiger partial charge in [-0.1, -0.05) is 5.16 Å². The number of nitrogens with zero attached hydrogens (tertiary/aromatic N) is 2. The van der Waals surface area contributed by atoms with Gasteiger partial charge in [-0.3, -0.25) is 0 Å². The second-order valence-corrected chi connectivity index (χ2v) is 4.98. The predicted octanol–water partition coefficient (Wildman–Crippen LogP) is 2.70. The topological polar surface area (TPSA) is 71.5 Å². The van der Waals surface area contributed by atoms with Crippen molar-refractivity contribution in [2.45, 2.75) is 38.4 Å². The van der Waals surface area contributed by atoms with Gasteiger partial charge in [0.05, 0.1) is 18.8 Å². The third-order valence-electron chi connectivity index (χ3n) is 3.46. The summed E-state index contributed by atoms with van der Waals surface area (Å²) < 4.78 is 10.1. The van der Waals surface area contributed by atoms with Gasteiger partial charge in [0.15, 0.2) is 0 Å². The summed E-state index contributed by atoms with van der Waals surface area (Å²) in [7, 11) is 0. The van der Waals surface area contributed by atoms with E-state index in [2.05, 4.69) is 10.5 Å². The lowest BCUT2D eigenvalue weighted by molar-refractivity contribution is 0.165. The molecule has 3 rings (SSSR count).